The fraction of sp³-hybridized carbons (Fsp3) is 0.226. The Labute approximate surface area is 197 Å². The van der Waals surface area contributed by atoms with Crippen molar-refractivity contribution in [2.75, 3.05) is 20.7 Å². The van der Waals surface area contributed by atoms with Crippen LogP contribution in [0.4, 0.5) is 0 Å². The largest absolute Gasteiger partial charge is 0.494 e. The second-order valence-corrected chi connectivity index (χ2v) is 9.08. The van der Waals surface area contributed by atoms with E-state index in [1.165, 1.54) is 39.1 Å². The molecular formula is C31H31NO. The van der Waals surface area contributed by atoms with Crippen LogP contribution in [0.3, 0.4) is 0 Å². The minimum Gasteiger partial charge on any atom is -0.494 e. The van der Waals surface area contributed by atoms with Gasteiger partial charge in [-0.2, -0.15) is 0 Å². The van der Waals surface area contributed by atoms with Gasteiger partial charge in [-0.15, -0.1) is 0 Å². The van der Waals surface area contributed by atoms with Crippen LogP contribution in [0.2, 0.25) is 0 Å². The van der Waals surface area contributed by atoms with Gasteiger partial charge in [-0.05, 0) is 47.3 Å². The molecule has 1 atom stereocenters. The first kappa shape index (κ1) is 21.3. The Morgan fingerprint density at radius 2 is 1.27 bits per heavy atom. The van der Waals surface area contributed by atoms with E-state index < -0.39 is 0 Å². The van der Waals surface area contributed by atoms with Gasteiger partial charge in [-0.25, -0.2) is 0 Å². The molecule has 3 aromatic rings. The number of allylic oxidation sites excluding steroid dienone is 5. The highest BCUT2D eigenvalue weighted by Gasteiger charge is 2.50. The second-order valence-electron chi connectivity index (χ2n) is 9.08. The zero-order chi connectivity index (χ0) is 22.8. The van der Waals surface area contributed by atoms with Crippen LogP contribution in [0.5, 0.6) is 0 Å². The van der Waals surface area contributed by atoms with Crippen LogP contribution in [0.25, 0.3) is 16.7 Å². The number of benzene rings is 3. The van der Waals surface area contributed by atoms with Crippen LogP contribution in [0.1, 0.15) is 36.5 Å². The summed E-state index contributed by atoms with van der Waals surface area (Å²) in [5, 5.41) is 0. The first-order valence-electron chi connectivity index (χ1n) is 11.8. The highest BCUT2D eigenvalue weighted by Crippen LogP contribution is 2.64. The standard InChI is InChI=1S/C31H31NO/c1-4-33-29-20-27(24-16-10-6-11-17-24)31(30(29)25-18-12-7-13-19-25)21-26(28(22-31)32(2)3)23-14-8-5-9-15-23/h5-20H,4,21-22H2,1-3H3. The van der Waals surface area contributed by atoms with E-state index in [-0.39, 0.29) is 5.41 Å². The molecule has 0 radical (unpaired) electrons. The summed E-state index contributed by atoms with van der Waals surface area (Å²) >= 11 is 0. The third kappa shape index (κ3) is 3.70. The van der Waals surface area contributed by atoms with Crippen molar-refractivity contribution in [3.05, 3.63) is 125 Å². The number of rotatable bonds is 6. The van der Waals surface area contributed by atoms with E-state index in [1.54, 1.807) is 0 Å². The van der Waals surface area contributed by atoms with Gasteiger partial charge >= 0.3 is 0 Å². The molecule has 0 aromatic heterocycles. The lowest BCUT2D eigenvalue weighted by atomic mass is 9.69. The van der Waals surface area contributed by atoms with Crippen molar-refractivity contribution in [1.29, 1.82) is 0 Å². The van der Waals surface area contributed by atoms with Crippen LogP contribution >= 0.6 is 0 Å². The van der Waals surface area contributed by atoms with Gasteiger partial charge in [0.05, 0.1) is 6.61 Å². The van der Waals surface area contributed by atoms with Gasteiger partial charge in [0.1, 0.15) is 5.76 Å². The van der Waals surface area contributed by atoms with E-state index in [0.29, 0.717) is 6.61 Å². The molecule has 2 aliphatic carbocycles. The van der Waals surface area contributed by atoms with Gasteiger partial charge in [0.15, 0.2) is 0 Å². The summed E-state index contributed by atoms with van der Waals surface area (Å²) in [4.78, 5) is 2.31. The van der Waals surface area contributed by atoms with E-state index in [0.717, 1.165) is 18.6 Å². The molecule has 2 nitrogen and oxygen atoms in total. The van der Waals surface area contributed by atoms with E-state index in [9.17, 15) is 0 Å². The molecule has 0 aliphatic heterocycles. The molecule has 0 amide bonds. The maximum Gasteiger partial charge on any atom is 0.124 e. The average Bonchev–Trinajstić information content (AvgIpc) is 3.40. The molecule has 0 heterocycles. The molecule has 0 N–H and O–H groups in total. The minimum absolute atomic E-state index is 0.169. The number of ether oxygens (including phenoxy) is 1. The van der Waals surface area contributed by atoms with Crippen molar-refractivity contribution in [3.8, 4) is 0 Å². The Morgan fingerprint density at radius 1 is 0.727 bits per heavy atom. The van der Waals surface area contributed by atoms with Gasteiger partial charge in [0.25, 0.3) is 0 Å². The summed E-state index contributed by atoms with van der Waals surface area (Å²) in [7, 11) is 4.35. The quantitative estimate of drug-likeness (QED) is 0.405. The van der Waals surface area contributed by atoms with Crippen LogP contribution in [0, 0.1) is 5.41 Å². The Hall–Kier alpha value is -3.52. The van der Waals surface area contributed by atoms with Crippen molar-refractivity contribution in [2.45, 2.75) is 19.8 Å². The molecular weight excluding hydrogens is 402 g/mol. The second kappa shape index (κ2) is 8.78. The Morgan fingerprint density at radius 3 is 1.82 bits per heavy atom. The molecule has 166 valence electrons. The van der Waals surface area contributed by atoms with E-state index in [4.69, 9.17) is 4.74 Å². The maximum atomic E-state index is 6.32. The van der Waals surface area contributed by atoms with Crippen LogP contribution in [-0.2, 0) is 4.74 Å². The van der Waals surface area contributed by atoms with Gasteiger partial charge < -0.3 is 9.64 Å². The lowest BCUT2D eigenvalue weighted by Crippen LogP contribution is -2.22. The number of hydrogen-bond acceptors (Lipinski definition) is 2. The Balaban J connectivity index is 1.73. The lowest BCUT2D eigenvalue weighted by Gasteiger charge is -2.33. The van der Waals surface area contributed by atoms with Crippen LogP contribution in [-0.4, -0.2) is 25.6 Å². The topological polar surface area (TPSA) is 12.5 Å². The average molecular weight is 434 g/mol. The van der Waals surface area contributed by atoms with Crippen LogP contribution in [0.15, 0.2) is 109 Å². The molecule has 3 aromatic carbocycles. The molecule has 5 rings (SSSR count). The summed E-state index contributed by atoms with van der Waals surface area (Å²) in [5.74, 6) is 1.01. The van der Waals surface area contributed by atoms with E-state index in [1.807, 2.05) is 0 Å². The molecule has 0 bridgehead atoms. The van der Waals surface area contributed by atoms with Crippen molar-refractivity contribution in [1.82, 2.24) is 4.90 Å². The van der Waals surface area contributed by atoms with Crippen molar-refractivity contribution in [2.24, 2.45) is 5.41 Å². The summed E-state index contributed by atoms with van der Waals surface area (Å²) in [6.45, 7) is 2.73. The SMILES string of the molecule is CCOC1=C(c2ccccc2)C2(CC(c3ccccc3)=C(N(C)C)C2)C(c2ccccc2)=C1. The van der Waals surface area contributed by atoms with Crippen LogP contribution < -0.4 is 0 Å². The van der Waals surface area contributed by atoms with Gasteiger partial charge in [-0.1, -0.05) is 91.0 Å². The Bertz CT molecular complexity index is 1220. The van der Waals surface area contributed by atoms with E-state index in [2.05, 4.69) is 123 Å². The molecule has 1 spiro atoms. The van der Waals surface area contributed by atoms with Gasteiger partial charge in [0.2, 0.25) is 0 Å². The third-order valence-electron chi connectivity index (χ3n) is 6.92. The van der Waals surface area contributed by atoms with Crippen molar-refractivity contribution >= 4 is 16.7 Å². The zero-order valence-electron chi connectivity index (χ0n) is 19.7. The fourth-order valence-electron chi connectivity index (χ4n) is 5.54. The summed E-state index contributed by atoms with van der Waals surface area (Å²) < 4.78 is 6.32. The first-order valence-corrected chi connectivity index (χ1v) is 11.8. The molecule has 0 saturated heterocycles. The number of nitrogens with zero attached hydrogens (tertiary/aromatic N) is 1. The molecule has 33 heavy (non-hydrogen) atoms. The molecule has 2 aliphatic rings. The monoisotopic (exact) mass is 433 g/mol. The predicted molar refractivity (Wildman–Crippen MR) is 138 cm³/mol. The molecule has 0 fully saturated rings. The van der Waals surface area contributed by atoms with E-state index >= 15 is 0 Å². The fourth-order valence-corrected chi connectivity index (χ4v) is 5.54. The van der Waals surface area contributed by atoms with Crippen molar-refractivity contribution < 1.29 is 4.74 Å². The first-order chi connectivity index (χ1) is 16.1. The van der Waals surface area contributed by atoms with Gasteiger partial charge in [-0.3, -0.25) is 0 Å². The third-order valence-corrected chi connectivity index (χ3v) is 6.92. The molecule has 1 unspecified atom stereocenters. The summed E-state index contributed by atoms with van der Waals surface area (Å²) in [6.07, 6.45) is 4.21. The highest BCUT2D eigenvalue weighted by atomic mass is 16.5. The highest BCUT2D eigenvalue weighted by molar-refractivity contribution is 5.98. The Kier molecular flexibility index (Phi) is 5.68. The van der Waals surface area contributed by atoms with Crippen molar-refractivity contribution in [3.63, 3.8) is 0 Å². The minimum atomic E-state index is -0.169. The molecule has 0 saturated carbocycles. The smallest absolute Gasteiger partial charge is 0.124 e. The summed E-state index contributed by atoms with van der Waals surface area (Å²) in [5.41, 5.74) is 9.15. The lowest BCUT2D eigenvalue weighted by molar-refractivity contribution is 0.243. The number of hydrogen-bond donors (Lipinski definition) is 0. The van der Waals surface area contributed by atoms with Gasteiger partial charge in [0, 0.05) is 37.2 Å². The zero-order valence-corrected chi connectivity index (χ0v) is 19.7. The maximum absolute atomic E-state index is 6.32. The molecule has 2 heteroatoms. The predicted octanol–water partition coefficient (Wildman–Crippen LogP) is 7.28. The normalized spacial score (nSPS) is 19.9. The summed E-state index contributed by atoms with van der Waals surface area (Å²) in [6, 6.07) is 32.5.